The van der Waals surface area contributed by atoms with Crippen molar-refractivity contribution in [3.8, 4) is 22.5 Å². The number of carboxylic acid groups (broad SMARTS) is 1. The second kappa shape index (κ2) is 16.0. The topological polar surface area (TPSA) is 120 Å². The average Bonchev–Trinajstić information content (AvgIpc) is 3.53. The molecule has 1 aliphatic carbocycles. The first-order valence-corrected chi connectivity index (χ1v) is 16.3. The Morgan fingerprint density at radius 2 is 1.69 bits per heavy atom. The van der Waals surface area contributed by atoms with Gasteiger partial charge in [0, 0.05) is 78.4 Å². The lowest BCUT2D eigenvalue weighted by Crippen LogP contribution is -2.28. The van der Waals surface area contributed by atoms with Crippen LogP contribution in [0, 0.1) is 0 Å². The SMILES string of the molecule is CN(C)c1ccc2c(-c3cc(C(=O)NCCOCCOCc4ccc(CCCCl)o4)ccc3C(=O)[O-])c3ccc(=[N+](C)C)cc-3oc2c1. The highest BCUT2D eigenvalue weighted by molar-refractivity contribution is 6.17. The van der Waals surface area contributed by atoms with E-state index in [1.165, 1.54) is 12.1 Å². The van der Waals surface area contributed by atoms with E-state index in [0.717, 1.165) is 35.4 Å². The molecular formula is C37H40ClN3O7. The van der Waals surface area contributed by atoms with Gasteiger partial charge in [-0.2, -0.15) is 0 Å². The van der Waals surface area contributed by atoms with Crippen LogP contribution in [-0.2, 0) is 22.5 Å². The molecule has 1 aromatic heterocycles. The Hall–Kier alpha value is -4.64. The van der Waals surface area contributed by atoms with Gasteiger partial charge in [0.2, 0.25) is 5.36 Å². The van der Waals surface area contributed by atoms with Gasteiger partial charge in [-0.25, -0.2) is 4.58 Å². The number of furan rings is 1. The molecule has 1 aliphatic heterocycles. The van der Waals surface area contributed by atoms with E-state index in [0.29, 0.717) is 64.7 Å². The third-order valence-corrected chi connectivity index (χ3v) is 8.18. The van der Waals surface area contributed by atoms with Gasteiger partial charge in [0.15, 0.2) is 0 Å². The number of aromatic carboxylic acids is 1. The average molecular weight is 674 g/mol. The summed E-state index contributed by atoms with van der Waals surface area (Å²) in [4.78, 5) is 27.6. The van der Waals surface area contributed by atoms with Crippen LogP contribution in [-0.4, -0.2) is 72.3 Å². The number of hydrogen-bond acceptors (Lipinski definition) is 8. The predicted molar refractivity (Wildman–Crippen MR) is 185 cm³/mol. The van der Waals surface area contributed by atoms with Crippen molar-refractivity contribution in [2.45, 2.75) is 19.4 Å². The fraction of sp³-hybridized carbons (Fsp3) is 0.324. The van der Waals surface area contributed by atoms with E-state index in [9.17, 15) is 14.7 Å². The van der Waals surface area contributed by atoms with Gasteiger partial charge in [-0.1, -0.05) is 6.07 Å². The maximum Gasteiger partial charge on any atom is 0.251 e. The molecule has 48 heavy (non-hydrogen) atoms. The Bertz CT molecular complexity index is 1940. The van der Waals surface area contributed by atoms with Gasteiger partial charge in [-0.05, 0) is 54.4 Å². The van der Waals surface area contributed by atoms with Gasteiger partial charge >= 0.3 is 0 Å². The number of carbonyl (C=O) groups is 2. The minimum absolute atomic E-state index is 0.0295. The Morgan fingerprint density at radius 3 is 2.44 bits per heavy atom. The summed E-state index contributed by atoms with van der Waals surface area (Å²) in [5.74, 6) is 1.11. The van der Waals surface area contributed by atoms with Crippen molar-refractivity contribution < 1.29 is 33.0 Å². The van der Waals surface area contributed by atoms with Crippen LogP contribution in [0.3, 0.4) is 0 Å². The summed E-state index contributed by atoms with van der Waals surface area (Å²) in [6.45, 7) is 1.61. The Morgan fingerprint density at radius 1 is 0.896 bits per heavy atom. The Balaban J connectivity index is 1.31. The lowest BCUT2D eigenvalue weighted by Gasteiger charge is -2.20. The number of carbonyl (C=O) groups excluding carboxylic acids is 2. The van der Waals surface area contributed by atoms with Crippen LogP contribution in [0.2, 0.25) is 0 Å². The number of amides is 1. The van der Waals surface area contributed by atoms with Gasteiger partial charge in [0.1, 0.15) is 43.6 Å². The van der Waals surface area contributed by atoms with Crippen molar-refractivity contribution in [2.75, 3.05) is 65.3 Å². The van der Waals surface area contributed by atoms with Gasteiger partial charge in [0.05, 0.1) is 31.9 Å². The van der Waals surface area contributed by atoms with Crippen LogP contribution in [0.1, 0.15) is 38.7 Å². The van der Waals surface area contributed by atoms with E-state index in [4.69, 9.17) is 29.9 Å². The molecule has 0 saturated carbocycles. The Kier molecular flexibility index (Phi) is 11.5. The molecule has 0 unspecified atom stereocenters. The molecule has 0 radical (unpaired) electrons. The van der Waals surface area contributed by atoms with Gasteiger partial charge in [-0.3, -0.25) is 4.79 Å². The molecule has 3 aromatic rings. The van der Waals surface area contributed by atoms with Crippen molar-refractivity contribution in [1.29, 1.82) is 0 Å². The molecule has 1 amide bonds. The summed E-state index contributed by atoms with van der Waals surface area (Å²) in [7, 11) is 7.74. The van der Waals surface area contributed by atoms with E-state index in [1.54, 1.807) is 6.07 Å². The van der Waals surface area contributed by atoms with Gasteiger partial charge < -0.3 is 38.4 Å². The molecule has 252 valence electrons. The third-order valence-electron chi connectivity index (χ3n) is 7.92. The molecule has 0 fully saturated rings. The fourth-order valence-electron chi connectivity index (χ4n) is 5.39. The van der Waals surface area contributed by atoms with E-state index in [1.807, 2.05) is 86.2 Å². The molecule has 0 spiro atoms. The van der Waals surface area contributed by atoms with Crippen LogP contribution < -0.4 is 25.3 Å². The molecule has 2 aromatic carbocycles. The standard InChI is InChI=1S/C37H40ClN3O7/c1-40(2)25-8-13-30-33(21-25)48-34-22-26(41(3)4)9-14-31(34)35(30)32-20-24(7-12-29(32)37(43)44)36(42)39-16-17-45-18-19-46-23-28-11-10-27(47-28)6-5-15-38/h7-14,20-22H,5-6,15-19,23H2,1-4H3,(H-,39,42,43,44). The summed E-state index contributed by atoms with van der Waals surface area (Å²) in [5.41, 5.74) is 3.49. The second-order valence-corrected chi connectivity index (χ2v) is 12.1. The number of rotatable bonds is 15. The van der Waals surface area contributed by atoms with Crippen LogP contribution in [0.15, 0.2) is 75.6 Å². The summed E-state index contributed by atoms with van der Waals surface area (Å²) in [5, 5.41) is 16.9. The molecule has 1 N–H and O–H groups in total. The number of aryl methyl sites for hydroxylation is 1. The largest absolute Gasteiger partial charge is 0.545 e. The highest BCUT2D eigenvalue weighted by Crippen LogP contribution is 2.42. The third kappa shape index (κ3) is 8.25. The number of ether oxygens (including phenoxy) is 2. The van der Waals surface area contributed by atoms with E-state index in [2.05, 4.69) is 5.32 Å². The molecule has 2 aliphatic rings. The summed E-state index contributed by atoms with van der Waals surface area (Å²) >= 11 is 5.73. The number of nitrogens with one attached hydrogen (secondary N) is 1. The van der Waals surface area contributed by atoms with E-state index < -0.39 is 5.97 Å². The molecule has 5 rings (SSSR count). The first-order valence-electron chi connectivity index (χ1n) is 15.8. The van der Waals surface area contributed by atoms with Crippen molar-refractivity contribution in [2.24, 2.45) is 0 Å². The summed E-state index contributed by atoms with van der Waals surface area (Å²) < 4.78 is 25.3. The number of carboxylic acids is 1. The zero-order valence-corrected chi connectivity index (χ0v) is 28.4. The number of fused-ring (bicyclic) bond motifs is 2. The predicted octanol–water partition coefficient (Wildman–Crippen LogP) is 4.39. The van der Waals surface area contributed by atoms with Crippen LogP contribution >= 0.6 is 11.6 Å². The first-order chi connectivity index (χ1) is 23.2. The second-order valence-electron chi connectivity index (χ2n) is 11.8. The van der Waals surface area contributed by atoms with Crippen molar-refractivity contribution in [3.63, 3.8) is 0 Å². The zero-order valence-electron chi connectivity index (χ0n) is 27.6. The molecule has 2 heterocycles. The normalized spacial score (nSPS) is 11.3. The lowest BCUT2D eigenvalue weighted by atomic mass is 9.89. The monoisotopic (exact) mass is 673 g/mol. The zero-order chi connectivity index (χ0) is 34.2. The summed E-state index contributed by atoms with van der Waals surface area (Å²) in [6.07, 6.45) is 1.66. The Labute approximate surface area is 284 Å². The smallest absolute Gasteiger partial charge is 0.251 e. The van der Waals surface area contributed by atoms with Gasteiger partial charge in [-0.15, -0.1) is 11.6 Å². The molecule has 0 bridgehead atoms. The number of nitrogens with zero attached hydrogens (tertiary/aromatic N) is 2. The van der Waals surface area contributed by atoms with E-state index >= 15 is 0 Å². The molecular weight excluding hydrogens is 634 g/mol. The van der Waals surface area contributed by atoms with Crippen LogP contribution in [0.25, 0.3) is 33.4 Å². The number of halogens is 1. The highest BCUT2D eigenvalue weighted by atomic mass is 35.5. The highest BCUT2D eigenvalue weighted by Gasteiger charge is 2.22. The van der Waals surface area contributed by atoms with Crippen LogP contribution in [0.5, 0.6) is 0 Å². The molecule has 10 nitrogen and oxygen atoms in total. The first kappa shape index (κ1) is 34.7. The fourth-order valence-corrected chi connectivity index (χ4v) is 5.52. The van der Waals surface area contributed by atoms with Gasteiger partial charge in [0.25, 0.3) is 5.91 Å². The van der Waals surface area contributed by atoms with Crippen molar-refractivity contribution >= 4 is 40.1 Å². The number of hydrogen-bond donors (Lipinski definition) is 1. The maximum absolute atomic E-state index is 13.2. The molecule has 11 heteroatoms. The number of anilines is 1. The van der Waals surface area contributed by atoms with E-state index in [-0.39, 0.29) is 24.6 Å². The molecule has 0 saturated heterocycles. The quantitative estimate of drug-likeness (QED) is 0.0752. The number of benzene rings is 3. The number of alkyl halides is 1. The van der Waals surface area contributed by atoms with Crippen molar-refractivity contribution in [1.82, 2.24) is 9.89 Å². The van der Waals surface area contributed by atoms with Crippen molar-refractivity contribution in [3.05, 3.63) is 94.7 Å². The minimum Gasteiger partial charge on any atom is -0.545 e. The minimum atomic E-state index is -1.34. The maximum atomic E-state index is 13.2. The molecule has 0 atom stereocenters. The van der Waals surface area contributed by atoms with Crippen LogP contribution in [0.4, 0.5) is 5.69 Å². The summed E-state index contributed by atoms with van der Waals surface area (Å²) in [6, 6.07) is 19.9. The lowest BCUT2D eigenvalue weighted by molar-refractivity contribution is -0.254.